The van der Waals surface area contributed by atoms with Crippen LogP contribution in [0.15, 0.2) is 77.7 Å². The maximum absolute atomic E-state index is 12.9. The number of rotatable bonds is 2. The molecule has 6 heteroatoms. The van der Waals surface area contributed by atoms with E-state index in [9.17, 15) is 4.79 Å². The molecule has 2 N–H and O–H groups in total. The van der Waals surface area contributed by atoms with Crippen molar-refractivity contribution in [3.05, 3.63) is 83.3 Å². The van der Waals surface area contributed by atoms with Gasteiger partial charge >= 0.3 is 0 Å². The Kier molecular flexibility index (Phi) is 4.07. The van der Waals surface area contributed by atoms with Crippen molar-refractivity contribution in [1.29, 1.82) is 0 Å². The molecule has 0 saturated heterocycles. The third kappa shape index (κ3) is 2.91. The number of pyridine rings is 1. The molecule has 0 saturated carbocycles. The van der Waals surface area contributed by atoms with Crippen LogP contribution in [0.5, 0.6) is 0 Å². The molecule has 0 amide bonds. The van der Waals surface area contributed by atoms with Gasteiger partial charge in [-0.2, -0.15) is 0 Å². The van der Waals surface area contributed by atoms with Crippen LogP contribution in [0.1, 0.15) is 6.42 Å². The van der Waals surface area contributed by atoms with Crippen LogP contribution in [0, 0.1) is 0 Å². The van der Waals surface area contributed by atoms with Crippen LogP contribution in [-0.2, 0) is 0 Å². The molecule has 6 rings (SSSR count). The molecule has 0 bridgehead atoms. The molecule has 4 heterocycles. The molecule has 0 aliphatic carbocycles. The van der Waals surface area contributed by atoms with E-state index in [1.54, 1.807) is 28.0 Å². The van der Waals surface area contributed by atoms with Gasteiger partial charge < -0.3 is 10.6 Å². The van der Waals surface area contributed by atoms with Crippen LogP contribution in [0.4, 0.5) is 11.5 Å². The molecule has 152 valence electrons. The summed E-state index contributed by atoms with van der Waals surface area (Å²) in [5.41, 5.74) is 9.47. The fourth-order valence-corrected chi connectivity index (χ4v) is 5.57. The second-order valence-corrected chi connectivity index (χ2v) is 8.87. The molecule has 5 nitrogen and oxygen atoms in total. The zero-order chi connectivity index (χ0) is 20.9. The van der Waals surface area contributed by atoms with Crippen LogP contribution < -0.4 is 16.2 Å². The first-order valence-corrected chi connectivity index (χ1v) is 11.1. The van der Waals surface area contributed by atoms with Crippen molar-refractivity contribution in [2.45, 2.75) is 6.42 Å². The van der Waals surface area contributed by atoms with E-state index in [2.05, 4.69) is 47.4 Å². The van der Waals surface area contributed by atoms with Gasteiger partial charge in [-0.15, -0.1) is 11.3 Å². The number of nitrogens with two attached hydrogens (primary N) is 1. The summed E-state index contributed by atoms with van der Waals surface area (Å²) in [4.78, 5) is 20.0. The smallest absolute Gasteiger partial charge is 0.259 e. The summed E-state index contributed by atoms with van der Waals surface area (Å²) in [5, 5.41) is 2.33. The Morgan fingerprint density at radius 2 is 1.87 bits per heavy atom. The van der Waals surface area contributed by atoms with E-state index in [4.69, 9.17) is 10.7 Å². The van der Waals surface area contributed by atoms with Crippen molar-refractivity contribution >= 4 is 48.7 Å². The number of thiophene rings is 1. The largest absolute Gasteiger partial charge is 0.399 e. The Morgan fingerprint density at radius 1 is 0.968 bits per heavy atom. The zero-order valence-corrected chi connectivity index (χ0v) is 17.6. The maximum atomic E-state index is 12.9. The lowest BCUT2D eigenvalue weighted by Gasteiger charge is -2.24. The number of hydrogen-bond donors (Lipinski definition) is 1. The van der Waals surface area contributed by atoms with E-state index in [0.29, 0.717) is 5.65 Å². The number of anilines is 2. The zero-order valence-electron chi connectivity index (χ0n) is 16.8. The number of fused-ring (bicyclic) bond motifs is 4. The van der Waals surface area contributed by atoms with Crippen LogP contribution in [-0.4, -0.2) is 22.5 Å². The summed E-state index contributed by atoms with van der Waals surface area (Å²) in [5.74, 6) is 0.734. The van der Waals surface area contributed by atoms with Crippen molar-refractivity contribution in [2.24, 2.45) is 0 Å². The van der Waals surface area contributed by atoms with E-state index in [1.807, 2.05) is 18.2 Å². The molecule has 0 atom stereocenters. The molecule has 5 aromatic rings. The van der Waals surface area contributed by atoms with E-state index < -0.39 is 0 Å². The molecule has 0 unspecified atom stereocenters. The van der Waals surface area contributed by atoms with Gasteiger partial charge in [-0.25, -0.2) is 4.98 Å². The SMILES string of the molecule is Nc1ccc2sc3c(-c4cccn5c(=O)cc(N6CC=CCC6)nc45)cccc3c2c1. The lowest BCUT2D eigenvalue weighted by atomic mass is 10.0. The number of nitrogens with zero attached hydrogens (tertiary/aromatic N) is 3. The van der Waals surface area contributed by atoms with Gasteiger partial charge in [-0.3, -0.25) is 9.20 Å². The Balaban J connectivity index is 1.63. The molecule has 1 aliphatic heterocycles. The minimum Gasteiger partial charge on any atom is -0.399 e. The molecule has 2 aromatic carbocycles. The predicted octanol–water partition coefficient (Wildman–Crippen LogP) is 5.08. The average molecular weight is 425 g/mol. The highest BCUT2D eigenvalue weighted by atomic mass is 32.1. The fraction of sp³-hybridized carbons (Fsp3) is 0.120. The first-order chi connectivity index (χ1) is 15.2. The minimum absolute atomic E-state index is 0.0623. The average Bonchev–Trinajstić information content (AvgIpc) is 3.17. The van der Waals surface area contributed by atoms with Gasteiger partial charge in [0.05, 0.1) is 0 Å². The summed E-state index contributed by atoms with van der Waals surface area (Å²) in [6.45, 7) is 1.65. The van der Waals surface area contributed by atoms with E-state index in [0.717, 1.165) is 47.5 Å². The summed E-state index contributed by atoms with van der Waals surface area (Å²) in [6, 6.07) is 18.0. The first kappa shape index (κ1) is 18.2. The standard InChI is InChI=1S/C25H20N4OS/c26-16-9-10-21-20(14-16)18-7-4-6-17(24(18)31-21)19-8-5-13-29-23(30)15-22(27-25(19)29)28-11-2-1-3-12-28/h1-2,4-10,13-15H,3,11-12,26H2. The van der Waals surface area contributed by atoms with Crippen LogP contribution in [0.3, 0.4) is 0 Å². The summed E-state index contributed by atoms with van der Waals surface area (Å²) in [6.07, 6.45) is 7.06. The highest BCUT2D eigenvalue weighted by molar-refractivity contribution is 7.26. The molecule has 0 fully saturated rings. The van der Waals surface area contributed by atoms with E-state index in [-0.39, 0.29) is 5.56 Å². The van der Waals surface area contributed by atoms with Gasteiger partial charge in [0.15, 0.2) is 0 Å². The predicted molar refractivity (Wildman–Crippen MR) is 130 cm³/mol. The highest BCUT2D eigenvalue weighted by Crippen LogP contribution is 2.41. The number of hydrogen-bond acceptors (Lipinski definition) is 5. The van der Waals surface area contributed by atoms with Crippen molar-refractivity contribution < 1.29 is 0 Å². The van der Waals surface area contributed by atoms with Gasteiger partial charge in [-0.05, 0) is 36.8 Å². The Morgan fingerprint density at radius 3 is 2.74 bits per heavy atom. The molecule has 1 aliphatic rings. The van der Waals surface area contributed by atoms with Gasteiger partial charge in [-0.1, -0.05) is 30.4 Å². The normalized spacial score (nSPS) is 14.1. The minimum atomic E-state index is -0.0623. The number of benzene rings is 2. The first-order valence-electron chi connectivity index (χ1n) is 10.3. The monoisotopic (exact) mass is 424 g/mol. The maximum Gasteiger partial charge on any atom is 0.259 e. The van der Waals surface area contributed by atoms with Crippen molar-refractivity contribution in [2.75, 3.05) is 23.7 Å². The Hall–Kier alpha value is -3.64. The Labute approximate surface area is 182 Å². The lowest BCUT2D eigenvalue weighted by molar-refractivity contribution is 0.802. The van der Waals surface area contributed by atoms with Crippen molar-refractivity contribution in [1.82, 2.24) is 9.38 Å². The van der Waals surface area contributed by atoms with Crippen LogP contribution in [0.2, 0.25) is 0 Å². The van der Waals surface area contributed by atoms with Gasteiger partial charge in [0, 0.05) is 62.3 Å². The second-order valence-electron chi connectivity index (χ2n) is 7.81. The number of nitrogen functional groups attached to an aromatic ring is 1. The highest BCUT2D eigenvalue weighted by Gasteiger charge is 2.16. The van der Waals surface area contributed by atoms with Gasteiger partial charge in [0.25, 0.3) is 5.56 Å². The Bertz CT molecular complexity index is 1560. The van der Waals surface area contributed by atoms with Gasteiger partial charge in [0.2, 0.25) is 0 Å². The third-order valence-corrected chi connectivity index (χ3v) is 7.09. The van der Waals surface area contributed by atoms with Crippen LogP contribution >= 0.6 is 11.3 Å². The van der Waals surface area contributed by atoms with Crippen molar-refractivity contribution in [3.63, 3.8) is 0 Å². The van der Waals surface area contributed by atoms with E-state index >= 15 is 0 Å². The quantitative estimate of drug-likeness (QED) is 0.317. The summed E-state index contributed by atoms with van der Waals surface area (Å²) < 4.78 is 4.02. The second kappa shape index (κ2) is 6.96. The fourth-order valence-electron chi connectivity index (χ4n) is 4.36. The molecule has 0 radical (unpaired) electrons. The third-order valence-electron chi connectivity index (χ3n) is 5.87. The lowest BCUT2D eigenvalue weighted by Crippen LogP contribution is -2.29. The summed E-state index contributed by atoms with van der Waals surface area (Å²) in [7, 11) is 0. The summed E-state index contributed by atoms with van der Waals surface area (Å²) >= 11 is 1.75. The van der Waals surface area contributed by atoms with Crippen LogP contribution in [0.25, 0.3) is 36.9 Å². The molecular weight excluding hydrogens is 404 g/mol. The van der Waals surface area contributed by atoms with Crippen molar-refractivity contribution in [3.8, 4) is 11.1 Å². The van der Waals surface area contributed by atoms with E-state index in [1.165, 1.54) is 14.8 Å². The number of aromatic nitrogens is 2. The molecule has 0 spiro atoms. The molecule has 3 aromatic heterocycles. The topological polar surface area (TPSA) is 63.6 Å². The van der Waals surface area contributed by atoms with Gasteiger partial charge in [0.1, 0.15) is 11.5 Å². The molecule has 31 heavy (non-hydrogen) atoms. The molecular formula is C25H20N4OS.